The van der Waals surface area contributed by atoms with Gasteiger partial charge in [-0.3, -0.25) is 4.79 Å². The second kappa shape index (κ2) is 7.21. The lowest BCUT2D eigenvalue weighted by molar-refractivity contribution is -0.117. The van der Waals surface area contributed by atoms with Gasteiger partial charge in [-0.1, -0.05) is 24.3 Å². The summed E-state index contributed by atoms with van der Waals surface area (Å²) in [4.78, 5) is 16.6. The van der Waals surface area contributed by atoms with E-state index in [1.165, 1.54) is 0 Å². The van der Waals surface area contributed by atoms with Crippen LogP contribution in [-0.2, 0) is 4.79 Å². The summed E-state index contributed by atoms with van der Waals surface area (Å²) < 4.78 is 10.3. The van der Waals surface area contributed by atoms with Crippen LogP contribution in [-0.4, -0.2) is 25.1 Å². The molecule has 1 N–H and O–H groups in total. The number of methoxy groups -OCH3 is 2. The van der Waals surface area contributed by atoms with Crippen molar-refractivity contribution in [2.75, 3.05) is 19.5 Å². The van der Waals surface area contributed by atoms with E-state index in [0.717, 1.165) is 22.1 Å². The monoisotopic (exact) mass is 336 g/mol. The van der Waals surface area contributed by atoms with Crippen LogP contribution >= 0.6 is 0 Å². The Morgan fingerprint density at radius 2 is 1.76 bits per heavy atom. The first-order valence-corrected chi connectivity index (χ1v) is 7.99. The van der Waals surface area contributed by atoms with E-state index in [9.17, 15) is 4.79 Å². The lowest BCUT2D eigenvalue weighted by atomic mass is 9.97. The minimum atomic E-state index is -0.284. The fourth-order valence-electron chi connectivity index (χ4n) is 2.62. The van der Waals surface area contributed by atoms with Gasteiger partial charge in [-0.15, -0.1) is 0 Å². The molecule has 0 bridgehead atoms. The molecule has 0 fully saturated rings. The molecule has 1 unspecified atom stereocenters. The molecule has 0 radical (unpaired) electrons. The normalized spacial score (nSPS) is 11.8. The molecule has 3 rings (SSSR count). The van der Waals surface area contributed by atoms with Gasteiger partial charge in [0, 0.05) is 6.07 Å². The zero-order valence-electron chi connectivity index (χ0n) is 14.4. The third-order valence-corrected chi connectivity index (χ3v) is 4.18. The summed E-state index contributed by atoms with van der Waals surface area (Å²) in [6.45, 7) is 1.89. The number of nitrogens with zero attached hydrogens (tertiary/aromatic N) is 1. The number of hydrogen-bond acceptors (Lipinski definition) is 4. The van der Waals surface area contributed by atoms with Crippen LogP contribution in [0.15, 0.2) is 54.7 Å². The lowest BCUT2D eigenvalue weighted by Crippen LogP contribution is -2.18. The Bertz CT molecular complexity index is 891. The number of rotatable bonds is 5. The molecule has 5 heteroatoms. The molecule has 0 aliphatic heterocycles. The smallest absolute Gasteiger partial charge is 0.231 e. The third kappa shape index (κ3) is 3.71. The summed E-state index contributed by atoms with van der Waals surface area (Å²) in [6.07, 6.45) is 1.58. The van der Waals surface area contributed by atoms with Crippen LogP contribution in [0.5, 0.6) is 11.6 Å². The molecule has 3 aromatic rings. The number of hydrogen-bond donors (Lipinski definition) is 1. The Morgan fingerprint density at radius 3 is 2.44 bits per heavy atom. The fourth-order valence-corrected chi connectivity index (χ4v) is 2.62. The third-order valence-electron chi connectivity index (χ3n) is 4.18. The zero-order valence-corrected chi connectivity index (χ0v) is 14.4. The molecule has 1 aromatic heterocycles. The van der Waals surface area contributed by atoms with E-state index in [0.29, 0.717) is 11.6 Å². The highest BCUT2D eigenvalue weighted by Gasteiger charge is 2.16. The van der Waals surface area contributed by atoms with Gasteiger partial charge in [0.15, 0.2) is 0 Å². The summed E-state index contributed by atoms with van der Waals surface area (Å²) in [5.74, 6) is 0.961. The minimum Gasteiger partial charge on any atom is -0.497 e. The molecule has 5 nitrogen and oxygen atoms in total. The Labute approximate surface area is 146 Å². The highest BCUT2D eigenvalue weighted by Crippen LogP contribution is 2.26. The van der Waals surface area contributed by atoms with E-state index in [1.54, 1.807) is 32.5 Å². The van der Waals surface area contributed by atoms with Gasteiger partial charge in [0.05, 0.1) is 32.0 Å². The van der Waals surface area contributed by atoms with Crippen LogP contribution < -0.4 is 14.8 Å². The van der Waals surface area contributed by atoms with Crippen LogP contribution in [0.1, 0.15) is 18.4 Å². The Balaban J connectivity index is 1.77. The molecular formula is C20H20N2O3. The SMILES string of the molecule is COc1ccc2cc(C(C)C(=O)Nc3ccc(OC)nc3)ccc2c1. The van der Waals surface area contributed by atoms with Gasteiger partial charge in [0.25, 0.3) is 0 Å². The van der Waals surface area contributed by atoms with E-state index < -0.39 is 0 Å². The van der Waals surface area contributed by atoms with Gasteiger partial charge >= 0.3 is 0 Å². The Kier molecular flexibility index (Phi) is 4.84. The predicted molar refractivity (Wildman–Crippen MR) is 98.3 cm³/mol. The van der Waals surface area contributed by atoms with E-state index >= 15 is 0 Å². The summed E-state index contributed by atoms with van der Waals surface area (Å²) >= 11 is 0. The summed E-state index contributed by atoms with van der Waals surface area (Å²) in [5.41, 5.74) is 1.60. The lowest BCUT2D eigenvalue weighted by Gasteiger charge is -2.14. The van der Waals surface area contributed by atoms with E-state index in [2.05, 4.69) is 10.3 Å². The van der Waals surface area contributed by atoms with Crippen molar-refractivity contribution in [1.82, 2.24) is 4.98 Å². The van der Waals surface area contributed by atoms with Crippen LogP contribution in [0.2, 0.25) is 0 Å². The second-order valence-corrected chi connectivity index (χ2v) is 5.77. The van der Waals surface area contributed by atoms with E-state index in [4.69, 9.17) is 9.47 Å². The quantitative estimate of drug-likeness (QED) is 0.765. The van der Waals surface area contributed by atoms with Gasteiger partial charge in [0.1, 0.15) is 5.75 Å². The number of anilines is 1. The van der Waals surface area contributed by atoms with Gasteiger partial charge < -0.3 is 14.8 Å². The van der Waals surface area contributed by atoms with Crippen molar-refractivity contribution in [1.29, 1.82) is 0 Å². The standard InChI is InChI=1S/C20H20N2O3/c1-13(20(23)22-17-7-9-19(25-3)21-12-17)14-4-5-16-11-18(24-2)8-6-15(16)10-14/h4-13H,1-3H3,(H,22,23). The van der Waals surface area contributed by atoms with E-state index in [1.807, 2.05) is 43.3 Å². The van der Waals surface area contributed by atoms with E-state index in [-0.39, 0.29) is 11.8 Å². The maximum atomic E-state index is 12.5. The predicted octanol–water partition coefficient (Wildman–Crippen LogP) is 3.99. The van der Waals surface area contributed by atoms with Crippen LogP contribution in [0.4, 0.5) is 5.69 Å². The van der Waals surface area contributed by atoms with Crippen molar-refractivity contribution >= 4 is 22.4 Å². The second-order valence-electron chi connectivity index (χ2n) is 5.77. The maximum absolute atomic E-state index is 12.5. The first kappa shape index (κ1) is 16.8. The van der Waals surface area contributed by atoms with Crippen molar-refractivity contribution in [3.05, 3.63) is 60.3 Å². The highest BCUT2D eigenvalue weighted by molar-refractivity contribution is 5.96. The largest absolute Gasteiger partial charge is 0.497 e. The van der Waals surface area contributed by atoms with Gasteiger partial charge in [0.2, 0.25) is 11.8 Å². The first-order valence-electron chi connectivity index (χ1n) is 7.99. The first-order chi connectivity index (χ1) is 12.1. The van der Waals surface area contributed by atoms with Crippen LogP contribution in [0, 0.1) is 0 Å². The molecule has 1 atom stereocenters. The highest BCUT2D eigenvalue weighted by atomic mass is 16.5. The average molecular weight is 336 g/mol. The number of carbonyl (C=O) groups is 1. The molecule has 25 heavy (non-hydrogen) atoms. The van der Waals surface area contributed by atoms with Gasteiger partial charge in [-0.2, -0.15) is 0 Å². The van der Waals surface area contributed by atoms with Gasteiger partial charge in [-0.25, -0.2) is 4.98 Å². The summed E-state index contributed by atoms with van der Waals surface area (Å²) in [5, 5.41) is 5.03. The van der Waals surface area contributed by atoms with Crippen LogP contribution in [0.3, 0.4) is 0 Å². The minimum absolute atomic E-state index is 0.0835. The summed E-state index contributed by atoms with van der Waals surface area (Å²) in [7, 11) is 3.20. The number of pyridine rings is 1. The van der Waals surface area contributed by atoms with Crippen molar-refractivity contribution < 1.29 is 14.3 Å². The number of amides is 1. The fraction of sp³-hybridized carbons (Fsp3) is 0.200. The average Bonchev–Trinajstić information content (AvgIpc) is 2.67. The van der Waals surface area contributed by atoms with Crippen LogP contribution in [0.25, 0.3) is 10.8 Å². The molecular weight excluding hydrogens is 316 g/mol. The molecule has 1 amide bonds. The Hall–Kier alpha value is -3.08. The molecule has 128 valence electrons. The maximum Gasteiger partial charge on any atom is 0.231 e. The molecule has 0 saturated heterocycles. The number of nitrogens with one attached hydrogen (secondary N) is 1. The van der Waals surface area contributed by atoms with Gasteiger partial charge in [-0.05, 0) is 41.5 Å². The van der Waals surface area contributed by atoms with Crippen molar-refractivity contribution in [2.24, 2.45) is 0 Å². The molecule has 0 aliphatic carbocycles. The topological polar surface area (TPSA) is 60.5 Å². The zero-order chi connectivity index (χ0) is 17.8. The molecule has 0 saturated carbocycles. The number of ether oxygens (including phenoxy) is 2. The van der Waals surface area contributed by atoms with Crippen molar-refractivity contribution in [3.63, 3.8) is 0 Å². The van der Waals surface area contributed by atoms with Crippen molar-refractivity contribution in [3.8, 4) is 11.6 Å². The molecule has 1 heterocycles. The molecule has 0 spiro atoms. The number of aromatic nitrogens is 1. The van der Waals surface area contributed by atoms with Crippen molar-refractivity contribution in [2.45, 2.75) is 12.8 Å². The summed E-state index contributed by atoms with van der Waals surface area (Å²) in [6, 6.07) is 15.4. The Morgan fingerprint density at radius 1 is 1.00 bits per heavy atom. The molecule has 2 aromatic carbocycles. The number of fused-ring (bicyclic) bond motifs is 1. The number of carbonyl (C=O) groups excluding carboxylic acids is 1. The molecule has 0 aliphatic rings. The number of benzene rings is 2.